The van der Waals surface area contributed by atoms with Crippen molar-refractivity contribution >= 4 is 0 Å². The lowest BCUT2D eigenvalue weighted by molar-refractivity contribution is 0.407. The molecular weight excluding hydrogens is 201 g/mol. The van der Waals surface area contributed by atoms with Crippen molar-refractivity contribution in [2.24, 2.45) is 11.7 Å². The Kier molecular flexibility index (Phi) is 4.94. The maximum Gasteiger partial charge on any atom is 0.127 e. The molecule has 0 heterocycles. The van der Waals surface area contributed by atoms with Gasteiger partial charge in [0.25, 0.3) is 0 Å². The fraction of sp³-hybridized carbons (Fsp3) is 0.571. The molecule has 1 nitrogen and oxygen atoms in total. The van der Waals surface area contributed by atoms with Crippen LogP contribution in [0.5, 0.6) is 0 Å². The van der Waals surface area contributed by atoms with Crippen LogP contribution >= 0.6 is 0 Å². The molecule has 0 radical (unpaired) electrons. The molecule has 1 atom stereocenters. The van der Waals surface area contributed by atoms with Gasteiger partial charge in [-0.3, -0.25) is 0 Å². The minimum absolute atomic E-state index is 0.176. The molecule has 1 aromatic rings. The highest BCUT2D eigenvalue weighted by atomic mass is 19.1. The van der Waals surface area contributed by atoms with Gasteiger partial charge >= 0.3 is 0 Å². The normalized spacial score (nSPS) is 13.1. The highest BCUT2D eigenvalue weighted by Crippen LogP contribution is 2.25. The van der Waals surface area contributed by atoms with E-state index in [1.807, 2.05) is 13.0 Å². The summed E-state index contributed by atoms with van der Waals surface area (Å²) >= 11 is 0. The van der Waals surface area contributed by atoms with E-state index in [0.29, 0.717) is 11.5 Å². The molecule has 0 aliphatic carbocycles. The molecule has 16 heavy (non-hydrogen) atoms. The van der Waals surface area contributed by atoms with Gasteiger partial charge in [0.15, 0.2) is 0 Å². The van der Waals surface area contributed by atoms with Crippen molar-refractivity contribution in [3.8, 4) is 0 Å². The Bertz CT molecular complexity index is 332. The molecule has 0 bridgehead atoms. The van der Waals surface area contributed by atoms with Crippen LogP contribution in [-0.2, 0) is 0 Å². The van der Waals surface area contributed by atoms with Gasteiger partial charge in [-0.1, -0.05) is 44.4 Å². The predicted octanol–water partition coefficient (Wildman–Crippen LogP) is 3.96. The number of halogens is 1. The standard InChI is InChI=1S/C14H22FN/c1-4-11(5-2)9-14(16)12-8-10(3)6-7-13(12)15/h6-8,11,14H,4-5,9,16H2,1-3H3. The summed E-state index contributed by atoms with van der Waals surface area (Å²) in [4.78, 5) is 0. The number of hydrogen-bond donors (Lipinski definition) is 1. The molecule has 0 spiro atoms. The van der Waals surface area contributed by atoms with Crippen LogP contribution in [0.15, 0.2) is 18.2 Å². The minimum Gasteiger partial charge on any atom is -0.324 e. The van der Waals surface area contributed by atoms with E-state index in [0.717, 1.165) is 24.8 Å². The quantitative estimate of drug-likeness (QED) is 0.803. The van der Waals surface area contributed by atoms with Crippen LogP contribution in [0.4, 0.5) is 4.39 Å². The predicted molar refractivity (Wildman–Crippen MR) is 66.8 cm³/mol. The first-order chi connectivity index (χ1) is 7.58. The topological polar surface area (TPSA) is 26.0 Å². The van der Waals surface area contributed by atoms with E-state index < -0.39 is 0 Å². The Hall–Kier alpha value is -0.890. The van der Waals surface area contributed by atoms with Crippen LogP contribution in [0.3, 0.4) is 0 Å². The van der Waals surface area contributed by atoms with E-state index in [-0.39, 0.29) is 11.9 Å². The van der Waals surface area contributed by atoms with Gasteiger partial charge in [-0.2, -0.15) is 0 Å². The van der Waals surface area contributed by atoms with Gasteiger partial charge in [0, 0.05) is 11.6 Å². The van der Waals surface area contributed by atoms with Crippen molar-refractivity contribution in [3.05, 3.63) is 35.1 Å². The average Bonchev–Trinajstić information content (AvgIpc) is 2.28. The number of rotatable bonds is 5. The lowest BCUT2D eigenvalue weighted by atomic mass is 9.91. The van der Waals surface area contributed by atoms with Crippen molar-refractivity contribution < 1.29 is 4.39 Å². The molecule has 90 valence electrons. The monoisotopic (exact) mass is 223 g/mol. The SMILES string of the molecule is CCC(CC)CC(N)c1cc(C)ccc1F. The molecule has 2 heteroatoms. The minimum atomic E-state index is -0.177. The first-order valence-corrected chi connectivity index (χ1v) is 6.10. The Labute approximate surface area is 97.9 Å². The second kappa shape index (κ2) is 6.00. The van der Waals surface area contributed by atoms with Gasteiger partial charge in [0.1, 0.15) is 5.82 Å². The molecule has 1 aromatic carbocycles. The van der Waals surface area contributed by atoms with E-state index >= 15 is 0 Å². The summed E-state index contributed by atoms with van der Waals surface area (Å²) in [5.74, 6) is 0.416. The molecule has 0 aromatic heterocycles. The van der Waals surface area contributed by atoms with E-state index in [4.69, 9.17) is 5.73 Å². The lowest BCUT2D eigenvalue weighted by Gasteiger charge is -2.19. The maximum atomic E-state index is 13.6. The van der Waals surface area contributed by atoms with Gasteiger partial charge < -0.3 is 5.73 Å². The summed E-state index contributed by atoms with van der Waals surface area (Å²) in [6.45, 7) is 6.29. The van der Waals surface area contributed by atoms with Gasteiger partial charge in [-0.05, 0) is 25.3 Å². The van der Waals surface area contributed by atoms with E-state index in [9.17, 15) is 4.39 Å². The first-order valence-electron chi connectivity index (χ1n) is 6.10. The third kappa shape index (κ3) is 3.31. The number of aryl methyl sites for hydroxylation is 1. The summed E-state index contributed by atoms with van der Waals surface area (Å²) in [7, 11) is 0. The summed E-state index contributed by atoms with van der Waals surface area (Å²) in [6, 6.07) is 4.98. The van der Waals surface area contributed by atoms with E-state index in [2.05, 4.69) is 13.8 Å². The van der Waals surface area contributed by atoms with Gasteiger partial charge in [0.05, 0.1) is 0 Å². The van der Waals surface area contributed by atoms with E-state index in [1.54, 1.807) is 6.07 Å². The summed E-state index contributed by atoms with van der Waals surface area (Å²) < 4.78 is 13.6. The highest BCUT2D eigenvalue weighted by Gasteiger charge is 2.15. The van der Waals surface area contributed by atoms with Crippen LogP contribution in [0.2, 0.25) is 0 Å². The Morgan fingerprint density at radius 3 is 2.44 bits per heavy atom. The fourth-order valence-corrected chi connectivity index (χ4v) is 2.06. The third-order valence-corrected chi connectivity index (χ3v) is 3.29. The number of benzene rings is 1. The molecule has 0 saturated heterocycles. The Balaban J connectivity index is 2.79. The largest absolute Gasteiger partial charge is 0.324 e. The van der Waals surface area contributed by atoms with E-state index in [1.165, 1.54) is 6.07 Å². The van der Waals surface area contributed by atoms with Crippen LogP contribution in [0.25, 0.3) is 0 Å². The molecule has 0 aliphatic heterocycles. The molecule has 0 fully saturated rings. The molecule has 0 saturated carbocycles. The second-order valence-electron chi connectivity index (χ2n) is 4.55. The van der Waals surface area contributed by atoms with Gasteiger partial charge in [0.2, 0.25) is 0 Å². The second-order valence-corrected chi connectivity index (χ2v) is 4.55. The summed E-state index contributed by atoms with van der Waals surface area (Å²) in [5.41, 5.74) is 7.80. The first kappa shape index (κ1) is 13.2. The molecule has 1 rings (SSSR count). The summed E-state index contributed by atoms with van der Waals surface area (Å²) in [5, 5.41) is 0. The lowest BCUT2D eigenvalue weighted by Crippen LogP contribution is -2.16. The average molecular weight is 223 g/mol. The molecule has 0 aliphatic rings. The molecule has 0 amide bonds. The maximum absolute atomic E-state index is 13.6. The van der Waals surface area contributed by atoms with Crippen molar-refractivity contribution in [1.29, 1.82) is 0 Å². The van der Waals surface area contributed by atoms with Gasteiger partial charge in [-0.25, -0.2) is 4.39 Å². The van der Waals surface area contributed by atoms with Crippen LogP contribution < -0.4 is 5.73 Å². The zero-order valence-electron chi connectivity index (χ0n) is 10.5. The molecule has 1 unspecified atom stereocenters. The number of nitrogens with two attached hydrogens (primary N) is 1. The smallest absolute Gasteiger partial charge is 0.127 e. The van der Waals surface area contributed by atoms with Crippen molar-refractivity contribution in [2.75, 3.05) is 0 Å². The Morgan fingerprint density at radius 2 is 1.88 bits per heavy atom. The number of hydrogen-bond acceptors (Lipinski definition) is 1. The highest BCUT2D eigenvalue weighted by molar-refractivity contribution is 5.26. The zero-order chi connectivity index (χ0) is 12.1. The summed E-state index contributed by atoms with van der Waals surface area (Å²) in [6.07, 6.45) is 3.09. The van der Waals surface area contributed by atoms with Crippen molar-refractivity contribution in [2.45, 2.75) is 46.1 Å². The zero-order valence-corrected chi connectivity index (χ0v) is 10.5. The van der Waals surface area contributed by atoms with Crippen LogP contribution in [-0.4, -0.2) is 0 Å². The van der Waals surface area contributed by atoms with Crippen molar-refractivity contribution in [3.63, 3.8) is 0 Å². The molecular formula is C14H22FN. The van der Waals surface area contributed by atoms with Gasteiger partial charge in [-0.15, -0.1) is 0 Å². The molecule has 2 N–H and O–H groups in total. The Morgan fingerprint density at radius 1 is 1.25 bits per heavy atom. The van der Waals surface area contributed by atoms with Crippen LogP contribution in [0, 0.1) is 18.7 Å². The van der Waals surface area contributed by atoms with Crippen molar-refractivity contribution in [1.82, 2.24) is 0 Å². The fourth-order valence-electron chi connectivity index (χ4n) is 2.06. The third-order valence-electron chi connectivity index (χ3n) is 3.29. The van der Waals surface area contributed by atoms with Crippen LogP contribution in [0.1, 0.15) is 50.3 Å².